The number of aliphatic hydroxyl groups is 1. The maximum absolute atomic E-state index is 12.8. The fourth-order valence-corrected chi connectivity index (χ4v) is 10.1. The van der Waals surface area contributed by atoms with Crippen LogP contribution in [0.15, 0.2) is 85.1 Å². The summed E-state index contributed by atoms with van der Waals surface area (Å²) in [7, 11) is -2.50. The minimum Gasteiger partial charge on any atom is -0.432 e. The van der Waals surface area contributed by atoms with E-state index in [1.807, 2.05) is 77.4 Å². The molecule has 0 radical (unpaired) electrons. The van der Waals surface area contributed by atoms with E-state index in [9.17, 15) is 14.7 Å². The molecule has 0 bridgehead atoms. The first-order valence-corrected chi connectivity index (χ1v) is 19.2. The number of hydrogen-bond acceptors (Lipinski definition) is 6. The molecule has 2 N–H and O–H groups in total. The third kappa shape index (κ3) is 6.82. The molecule has 5 atom stereocenters. The van der Waals surface area contributed by atoms with Crippen molar-refractivity contribution in [2.24, 2.45) is 5.92 Å². The molecule has 236 valence electrons. The predicted molar refractivity (Wildman–Crippen MR) is 178 cm³/mol. The molecule has 0 aliphatic carbocycles. The van der Waals surface area contributed by atoms with Gasteiger partial charge in [0.05, 0.1) is 36.1 Å². The molecular formula is C36H44N4O4Si. The lowest BCUT2D eigenvalue weighted by atomic mass is 9.95. The molecule has 3 aromatic carbocycles. The summed E-state index contributed by atoms with van der Waals surface area (Å²) in [5, 5.41) is 18.8. The van der Waals surface area contributed by atoms with Crippen LogP contribution >= 0.6 is 0 Å². The number of carbonyl (C=O) groups is 1. The van der Waals surface area contributed by atoms with Crippen molar-refractivity contribution < 1.29 is 19.4 Å². The molecule has 2 aliphatic heterocycles. The normalized spacial score (nSPS) is 22.4. The van der Waals surface area contributed by atoms with E-state index in [2.05, 4.69) is 47.6 Å². The highest BCUT2D eigenvalue weighted by molar-refractivity contribution is 6.71. The van der Waals surface area contributed by atoms with Crippen LogP contribution in [0.2, 0.25) is 18.6 Å². The smallest absolute Gasteiger partial charge is 0.231 e. The van der Waals surface area contributed by atoms with Gasteiger partial charge in [-0.2, -0.15) is 0 Å². The number of ether oxygens (including phenoxy) is 1. The van der Waals surface area contributed by atoms with E-state index in [0.29, 0.717) is 13.0 Å². The highest BCUT2D eigenvalue weighted by atomic mass is 28.4. The van der Waals surface area contributed by atoms with Gasteiger partial charge < -0.3 is 14.6 Å². The average molecular weight is 625 g/mol. The van der Waals surface area contributed by atoms with Gasteiger partial charge in [-0.25, -0.2) is 0 Å². The molecule has 0 saturated carbocycles. The number of amides is 1. The number of fused-ring (bicyclic) bond motifs is 1. The van der Waals surface area contributed by atoms with Crippen LogP contribution in [0, 0.1) is 5.92 Å². The van der Waals surface area contributed by atoms with Crippen molar-refractivity contribution in [3.63, 3.8) is 0 Å². The quantitative estimate of drug-likeness (QED) is 0.198. The van der Waals surface area contributed by atoms with Gasteiger partial charge in [0.15, 0.2) is 8.32 Å². The number of rotatable bonds is 11. The number of nitrogens with zero attached hydrogens (tertiary/aromatic N) is 4. The number of aryl methyl sites for hydroxylation is 3. The Bertz CT molecular complexity index is 1590. The van der Waals surface area contributed by atoms with Crippen LogP contribution in [0.25, 0.3) is 0 Å². The first kappa shape index (κ1) is 31.4. The molecule has 1 fully saturated rings. The van der Waals surface area contributed by atoms with Crippen molar-refractivity contribution in [2.75, 3.05) is 11.5 Å². The third-order valence-electron chi connectivity index (χ3n) is 9.66. The zero-order valence-electron chi connectivity index (χ0n) is 26.4. The summed E-state index contributed by atoms with van der Waals surface area (Å²) in [6, 6.07) is 26.4. The van der Waals surface area contributed by atoms with Crippen LogP contribution in [0.5, 0.6) is 0 Å². The van der Waals surface area contributed by atoms with E-state index < -0.39 is 8.32 Å². The van der Waals surface area contributed by atoms with Gasteiger partial charge in [0.1, 0.15) is 0 Å². The van der Waals surface area contributed by atoms with Gasteiger partial charge in [-0.15, -0.1) is 5.10 Å². The predicted octanol–water partition coefficient (Wildman–Crippen LogP) is 6.01. The first-order chi connectivity index (χ1) is 21.7. The molecule has 45 heavy (non-hydrogen) atoms. The molecule has 3 heterocycles. The van der Waals surface area contributed by atoms with E-state index >= 15 is 0 Å². The molecular weight excluding hydrogens is 581 g/mol. The maximum atomic E-state index is 12.8. The Hall–Kier alpha value is -3.63. The maximum Gasteiger partial charge on any atom is 0.231 e. The summed E-state index contributed by atoms with van der Waals surface area (Å²) < 4.78 is 8.53. The second-order valence-corrected chi connectivity index (χ2v) is 17.1. The first-order valence-electron chi connectivity index (χ1n) is 16.2. The number of carbonyl (C=O) groups excluding carboxylic acids is 1. The van der Waals surface area contributed by atoms with Gasteiger partial charge in [-0.3, -0.25) is 14.4 Å². The summed E-state index contributed by atoms with van der Waals surface area (Å²) in [5.74, 6) is 0.162. The Labute approximate surface area is 266 Å². The molecule has 1 unspecified atom stereocenters. The zero-order chi connectivity index (χ0) is 31.6. The lowest BCUT2D eigenvalue weighted by Crippen LogP contribution is -2.40. The second kappa shape index (κ2) is 13.4. The Morgan fingerprint density at radius 3 is 2.42 bits per heavy atom. The monoisotopic (exact) mass is 624 g/mol. The van der Waals surface area contributed by atoms with Gasteiger partial charge in [0, 0.05) is 30.4 Å². The van der Waals surface area contributed by atoms with E-state index in [0.717, 1.165) is 48.3 Å². The molecule has 9 heteroatoms. The third-order valence-corrected chi connectivity index (χ3v) is 12.2. The lowest BCUT2D eigenvalue weighted by molar-refractivity contribution is -0.118. The van der Waals surface area contributed by atoms with Gasteiger partial charge >= 0.3 is 0 Å². The van der Waals surface area contributed by atoms with Crippen molar-refractivity contribution in [1.29, 1.82) is 0 Å². The van der Waals surface area contributed by atoms with E-state index in [1.165, 1.54) is 11.1 Å². The molecule has 4 aromatic rings. The van der Waals surface area contributed by atoms with Gasteiger partial charge in [-0.05, 0) is 79.6 Å². The summed E-state index contributed by atoms with van der Waals surface area (Å²) in [5.41, 5.74) is 6.17. The van der Waals surface area contributed by atoms with Gasteiger partial charge in [0.25, 0.3) is 0 Å². The molecule has 0 spiro atoms. The lowest BCUT2D eigenvalue weighted by Gasteiger charge is -2.30. The van der Waals surface area contributed by atoms with Crippen molar-refractivity contribution in [2.45, 2.75) is 82.3 Å². The van der Waals surface area contributed by atoms with Crippen LogP contribution in [-0.4, -0.2) is 57.9 Å². The van der Waals surface area contributed by atoms with Gasteiger partial charge in [0.2, 0.25) is 5.91 Å². The number of aliphatic hydroxyl groups excluding tert-OH is 1. The second-order valence-electron chi connectivity index (χ2n) is 13.2. The van der Waals surface area contributed by atoms with Crippen molar-refractivity contribution in [1.82, 2.24) is 15.0 Å². The Kier molecular flexibility index (Phi) is 9.33. The summed E-state index contributed by atoms with van der Waals surface area (Å²) in [6.07, 6.45) is 5.69. The van der Waals surface area contributed by atoms with Gasteiger partial charge in [-0.1, -0.05) is 72.8 Å². The number of aromatic nitrogens is 3. The number of benzene rings is 3. The highest BCUT2D eigenvalue weighted by Gasteiger charge is 2.49. The van der Waals surface area contributed by atoms with Crippen LogP contribution in [0.1, 0.15) is 54.5 Å². The van der Waals surface area contributed by atoms with Crippen molar-refractivity contribution in [3.05, 3.63) is 107 Å². The van der Waals surface area contributed by atoms with Crippen LogP contribution in [0.3, 0.4) is 0 Å². The van der Waals surface area contributed by atoms with Crippen molar-refractivity contribution in [3.8, 4) is 0 Å². The fourth-order valence-electron chi connectivity index (χ4n) is 7.41. The SMILES string of the molecule is C[C@H]1[C@H]([Si](C)(C)O)[C@@H](CCn2cc(C(CO)c3ccccc3)nn2)O[C@H]1CCc1ccc(N2C(=O)CCc3ccccc32)cc1. The molecule has 2 aliphatic rings. The van der Waals surface area contributed by atoms with Crippen LogP contribution in [0.4, 0.5) is 11.4 Å². The zero-order valence-corrected chi connectivity index (χ0v) is 27.4. The minimum atomic E-state index is -2.50. The van der Waals surface area contributed by atoms with Crippen LogP contribution < -0.4 is 4.90 Å². The molecule has 1 amide bonds. The van der Waals surface area contributed by atoms with E-state index in [1.54, 1.807) is 0 Å². The summed E-state index contributed by atoms with van der Waals surface area (Å²) in [4.78, 5) is 26.0. The van der Waals surface area contributed by atoms with E-state index in [-0.39, 0.29) is 42.1 Å². The summed E-state index contributed by atoms with van der Waals surface area (Å²) >= 11 is 0. The molecule has 6 rings (SSSR count). The molecule has 8 nitrogen and oxygen atoms in total. The van der Waals surface area contributed by atoms with E-state index in [4.69, 9.17) is 4.74 Å². The van der Waals surface area contributed by atoms with Crippen molar-refractivity contribution >= 4 is 25.6 Å². The molecule has 1 aromatic heterocycles. The standard InChI is InChI=1S/C36H44N4O4Si/c1-25-33(19-15-26-13-17-29(18-14-26)40-32-12-8-7-11-28(32)16-20-35(40)42)44-34(36(25)45(2,3)43)21-22-39-23-31(37-38-39)30(24-41)27-9-5-4-6-10-27/h4-14,17-18,23,25,30,33-34,36,41,43H,15-16,19-22,24H2,1-3H3/t25-,30?,33+,34-,36+/m1/s1. The largest absolute Gasteiger partial charge is 0.432 e. The van der Waals surface area contributed by atoms with Crippen LogP contribution in [-0.2, 0) is 28.9 Å². The topological polar surface area (TPSA) is 101 Å². The highest BCUT2D eigenvalue weighted by Crippen LogP contribution is 2.45. The average Bonchev–Trinajstić information content (AvgIpc) is 3.64. The molecule has 1 saturated heterocycles. The number of anilines is 2. The minimum absolute atomic E-state index is 0.0346. The summed E-state index contributed by atoms with van der Waals surface area (Å²) in [6.45, 7) is 6.86. The Balaban J connectivity index is 1.09. The number of para-hydroxylation sites is 1. The number of hydrogen-bond donors (Lipinski definition) is 2. The Morgan fingerprint density at radius 1 is 0.956 bits per heavy atom. The Morgan fingerprint density at radius 2 is 1.69 bits per heavy atom. The fraction of sp³-hybridized carbons (Fsp3) is 0.417.